The molecule has 1 unspecified atom stereocenters. The summed E-state index contributed by atoms with van der Waals surface area (Å²) >= 11 is 0. The van der Waals surface area contributed by atoms with Gasteiger partial charge in [0.2, 0.25) is 0 Å². The Balaban J connectivity index is 2.32. The summed E-state index contributed by atoms with van der Waals surface area (Å²) in [5, 5.41) is 10.3. The molecule has 0 bridgehead atoms. The standard InChI is InChI=1S/C16H16F2O3/c1-20-15-5-3-4-12(16(15)21-2)14(19)9-10-8-11(17)6-7-13(10)18/h3-8,14,19H,9H2,1-2H3. The molecule has 2 aromatic carbocycles. The van der Waals surface area contributed by atoms with Crippen LogP contribution >= 0.6 is 0 Å². The van der Waals surface area contributed by atoms with Crippen molar-refractivity contribution < 1.29 is 23.4 Å². The summed E-state index contributed by atoms with van der Waals surface area (Å²) in [5.74, 6) is -0.258. The predicted octanol–water partition coefficient (Wildman–Crippen LogP) is 3.26. The molecule has 2 aromatic rings. The molecule has 0 saturated carbocycles. The van der Waals surface area contributed by atoms with Gasteiger partial charge in [-0.3, -0.25) is 0 Å². The monoisotopic (exact) mass is 294 g/mol. The first-order valence-electron chi connectivity index (χ1n) is 6.39. The van der Waals surface area contributed by atoms with E-state index in [1.54, 1.807) is 18.2 Å². The number of para-hydroxylation sites is 1. The van der Waals surface area contributed by atoms with Crippen LogP contribution in [0.2, 0.25) is 0 Å². The number of methoxy groups -OCH3 is 2. The minimum Gasteiger partial charge on any atom is -0.493 e. The molecular formula is C16H16F2O3. The lowest BCUT2D eigenvalue weighted by atomic mass is 10.00. The van der Waals surface area contributed by atoms with Crippen LogP contribution in [0.5, 0.6) is 11.5 Å². The maximum atomic E-state index is 13.6. The zero-order chi connectivity index (χ0) is 15.4. The zero-order valence-electron chi connectivity index (χ0n) is 11.8. The summed E-state index contributed by atoms with van der Waals surface area (Å²) in [5.41, 5.74) is 0.563. The first-order chi connectivity index (χ1) is 10.1. The molecule has 5 heteroatoms. The molecule has 112 valence electrons. The van der Waals surface area contributed by atoms with Gasteiger partial charge in [-0.1, -0.05) is 12.1 Å². The molecular weight excluding hydrogens is 278 g/mol. The van der Waals surface area contributed by atoms with E-state index >= 15 is 0 Å². The fraction of sp³-hybridized carbons (Fsp3) is 0.250. The van der Waals surface area contributed by atoms with Gasteiger partial charge in [0.25, 0.3) is 0 Å². The van der Waals surface area contributed by atoms with E-state index in [4.69, 9.17) is 9.47 Å². The Labute approximate surface area is 121 Å². The van der Waals surface area contributed by atoms with Crippen LogP contribution in [0.4, 0.5) is 8.78 Å². The second-order valence-corrected chi connectivity index (χ2v) is 4.54. The summed E-state index contributed by atoms with van der Waals surface area (Å²) in [6.07, 6.45) is -1.10. The molecule has 0 aliphatic carbocycles. The van der Waals surface area contributed by atoms with Crippen LogP contribution in [-0.4, -0.2) is 19.3 Å². The van der Waals surface area contributed by atoms with Crippen LogP contribution in [0.15, 0.2) is 36.4 Å². The lowest BCUT2D eigenvalue weighted by molar-refractivity contribution is 0.171. The van der Waals surface area contributed by atoms with Crippen LogP contribution in [0, 0.1) is 11.6 Å². The zero-order valence-corrected chi connectivity index (χ0v) is 11.8. The summed E-state index contributed by atoms with van der Waals surface area (Å²) in [6.45, 7) is 0. The number of aliphatic hydroxyl groups excluding tert-OH is 1. The Hall–Kier alpha value is -2.14. The first kappa shape index (κ1) is 15.3. The van der Waals surface area contributed by atoms with E-state index in [2.05, 4.69) is 0 Å². The third-order valence-corrected chi connectivity index (χ3v) is 3.21. The van der Waals surface area contributed by atoms with Gasteiger partial charge in [0.1, 0.15) is 11.6 Å². The van der Waals surface area contributed by atoms with E-state index < -0.39 is 17.7 Å². The van der Waals surface area contributed by atoms with Crippen molar-refractivity contribution in [2.45, 2.75) is 12.5 Å². The molecule has 2 rings (SSSR count). The summed E-state index contributed by atoms with van der Waals surface area (Å²) in [4.78, 5) is 0. The number of hydrogen-bond acceptors (Lipinski definition) is 3. The van der Waals surface area contributed by atoms with Gasteiger partial charge in [-0.25, -0.2) is 8.78 Å². The summed E-state index contributed by atoms with van der Waals surface area (Å²) in [7, 11) is 2.94. The highest BCUT2D eigenvalue weighted by molar-refractivity contribution is 5.48. The summed E-state index contributed by atoms with van der Waals surface area (Å²) in [6, 6.07) is 8.20. The molecule has 0 heterocycles. The van der Waals surface area contributed by atoms with Crippen molar-refractivity contribution in [1.82, 2.24) is 0 Å². The predicted molar refractivity (Wildman–Crippen MR) is 74.6 cm³/mol. The van der Waals surface area contributed by atoms with Gasteiger partial charge in [0, 0.05) is 12.0 Å². The van der Waals surface area contributed by atoms with E-state index in [1.165, 1.54) is 14.2 Å². The van der Waals surface area contributed by atoms with Gasteiger partial charge < -0.3 is 14.6 Å². The van der Waals surface area contributed by atoms with Gasteiger partial charge in [0.15, 0.2) is 11.5 Å². The molecule has 0 aromatic heterocycles. The Bertz CT molecular complexity index is 629. The van der Waals surface area contributed by atoms with Crippen LogP contribution < -0.4 is 9.47 Å². The second-order valence-electron chi connectivity index (χ2n) is 4.54. The fourth-order valence-electron chi connectivity index (χ4n) is 2.19. The highest BCUT2D eigenvalue weighted by Gasteiger charge is 2.19. The van der Waals surface area contributed by atoms with E-state index in [0.29, 0.717) is 17.1 Å². The molecule has 0 amide bonds. The lowest BCUT2D eigenvalue weighted by Gasteiger charge is -2.17. The summed E-state index contributed by atoms with van der Waals surface area (Å²) < 4.78 is 37.2. The maximum Gasteiger partial charge on any atom is 0.166 e. The molecule has 0 aliphatic rings. The SMILES string of the molecule is COc1cccc(C(O)Cc2cc(F)ccc2F)c1OC. The van der Waals surface area contributed by atoms with Gasteiger partial charge in [0.05, 0.1) is 20.3 Å². The van der Waals surface area contributed by atoms with Crippen molar-refractivity contribution in [1.29, 1.82) is 0 Å². The Kier molecular flexibility index (Phi) is 4.75. The third-order valence-electron chi connectivity index (χ3n) is 3.21. The molecule has 0 spiro atoms. The van der Waals surface area contributed by atoms with Gasteiger partial charge in [-0.15, -0.1) is 0 Å². The largest absolute Gasteiger partial charge is 0.493 e. The quantitative estimate of drug-likeness (QED) is 0.920. The number of ether oxygens (including phenoxy) is 2. The molecule has 1 N–H and O–H groups in total. The van der Waals surface area contributed by atoms with Crippen molar-refractivity contribution >= 4 is 0 Å². The normalized spacial score (nSPS) is 12.0. The van der Waals surface area contributed by atoms with Crippen molar-refractivity contribution in [3.8, 4) is 11.5 Å². The Morgan fingerprint density at radius 2 is 1.86 bits per heavy atom. The fourth-order valence-corrected chi connectivity index (χ4v) is 2.19. The van der Waals surface area contributed by atoms with E-state index in [-0.39, 0.29) is 12.0 Å². The van der Waals surface area contributed by atoms with Crippen molar-refractivity contribution in [2.24, 2.45) is 0 Å². The smallest absolute Gasteiger partial charge is 0.166 e. The molecule has 3 nitrogen and oxygen atoms in total. The van der Waals surface area contributed by atoms with Crippen LogP contribution in [-0.2, 0) is 6.42 Å². The minimum absolute atomic E-state index is 0.0624. The van der Waals surface area contributed by atoms with Gasteiger partial charge >= 0.3 is 0 Å². The molecule has 0 saturated heterocycles. The van der Waals surface area contributed by atoms with E-state index in [9.17, 15) is 13.9 Å². The average Bonchev–Trinajstić information content (AvgIpc) is 2.49. The Morgan fingerprint density at radius 1 is 1.10 bits per heavy atom. The van der Waals surface area contributed by atoms with Gasteiger partial charge in [-0.05, 0) is 29.8 Å². The molecule has 21 heavy (non-hydrogen) atoms. The molecule has 0 fully saturated rings. The van der Waals surface area contributed by atoms with E-state index in [1.807, 2.05) is 0 Å². The van der Waals surface area contributed by atoms with Crippen molar-refractivity contribution in [3.63, 3.8) is 0 Å². The highest BCUT2D eigenvalue weighted by Crippen LogP contribution is 2.35. The van der Waals surface area contributed by atoms with Crippen LogP contribution in [0.25, 0.3) is 0 Å². The van der Waals surface area contributed by atoms with Crippen LogP contribution in [0.3, 0.4) is 0 Å². The molecule has 0 aliphatic heterocycles. The number of aliphatic hydroxyl groups is 1. The second kappa shape index (κ2) is 6.54. The third kappa shape index (κ3) is 3.31. The lowest BCUT2D eigenvalue weighted by Crippen LogP contribution is -2.06. The molecule has 1 atom stereocenters. The highest BCUT2D eigenvalue weighted by atomic mass is 19.1. The first-order valence-corrected chi connectivity index (χ1v) is 6.39. The number of rotatable bonds is 5. The molecule has 0 radical (unpaired) electrons. The number of benzene rings is 2. The number of hydrogen-bond donors (Lipinski definition) is 1. The number of halogens is 2. The van der Waals surface area contributed by atoms with Crippen molar-refractivity contribution in [3.05, 3.63) is 59.2 Å². The maximum absolute atomic E-state index is 13.6. The topological polar surface area (TPSA) is 38.7 Å². The van der Waals surface area contributed by atoms with Crippen molar-refractivity contribution in [2.75, 3.05) is 14.2 Å². The Morgan fingerprint density at radius 3 is 2.52 bits per heavy atom. The average molecular weight is 294 g/mol. The van der Waals surface area contributed by atoms with Gasteiger partial charge in [-0.2, -0.15) is 0 Å². The van der Waals surface area contributed by atoms with Crippen LogP contribution in [0.1, 0.15) is 17.2 Å². The van der Waals surface area contributed by atoms with E-state index in [0.717, 1.165) is 18.2 Å². The minimum atomic E-state index is -1.04.